The van der Waals surface area contributed by atoms with Crippen LogP contribution in [0.4, 0.5) is 0 Å². The van der Waals surface area contributed by atoms with Gasteiger partial charge in [0.05, 0.1) is 0 Å². The van der Waals surface area contributed by atoms with Gasteiger partial charge in [-0.3, -0.25) is 9.59 Å². The van der Waals surface area contributed by atoms with Crippen molar-refractivity contribution >= 4 is 17.7 Å². The van der Waals surface area contributed by atoms with Crippen molar-refractivity contribution in [1.29, 1.82) is 0 Å². The van der Waals surface area contributed by atoms with E-state index in [2.05, 4.69) is 0 Å². The molecule has 5 nitrogen and oxygen atoms in total. The predicted molar refractivity (Wildman–Crippen MR) is 85.4 cm³/mol. The van der Waals surface area contributed by atoms with Crippen LogP contribution < -0.4 is 0 Å². The van der Waals surface area contributed by atoms with Crippen molar-refractivity contribution in [3.8, 4) is 0 Å². The van der Waals surface area contributed by atoms with Crippen LogP contribution >= 0.6 is 0 Å². The van der Waals surface area contributed by atoms with E-state index >= 15 is 0 Å². The van der Waals surface area contributed by atoms with Crippen LogP contribution in [0.15, 0.2) is 30.3 Å². The fourth-order valence-electron chi connectivity index (χ4n) is 2.70. The highest BCUT2D eigenvalue weighted by Gasteiger charge is 2.36. The Bertz CT molecular complexity index is 568. The van der Waals surface area contributed by atoms with Crippen LogP contribution in [0.3, 0.4) is 0 Å². The minimum absolute atomic E-state index is 0.171. The van der Waals surface area contributed by atoms with E-state index in [1.54, 1.807) is 0 Å². The number of piperidine rings is 1. The highest BCUT2D eigenvalue weighted by molar-refractivity contribution is 6.36. The molecule has 0 saturated carbocycles. The van der Waals surface area contributed by atoms with E-state index < -0.39 is 23.7 Å². The molecule has 0 radical (unpaired) electrons. The highest BCUT2D eigenvalue weighted by Crippen LogP contribution is 2.19. The van der Waals surface area contributed by atoms with E-state index in [1.165, 1.54) is 4.90 Å². The Kier molecular flexibility index (Phi) is 5.90. The number of amides is 1. The van der Waals surface area contributed by atoms with Gasteiger partial charge in [0.25, 0.3) is 5.91 Å². The number of benzene rings is 1. The molecule has 1 heterocycles. The molecule has 1 aromatic carbocycles. The smallest absolute Gasteiger partial charge is 0.329 e. The van der Waals surface area contributed by atoms with Crippen molar-refractivity contribution in [3.05, 3.63) is 35.9 Å². The number of likely N-dealkylation sites (tertiary alicyclic amines) is 1. The minimum Gasteiger partial charge on any atom is -0.459 e. The average Bonchev–Trinajstić information content (AvgIpc) is 2.54. The topological polar surface area (TPSA) is 63.7 Å². The number of hydrogen-bond acceptors (Lipinski definition) is 4. The van der Waals surface area contributed by atoms with Gasteiger partial charge in [0.2, 0.25) is 5.78 Å². The molecule has 0 unspecified atom stereocenters. The van der Waals surface area contributed by atoms with Gasteiger partial charge in [-0.05, 0) is 24.3 Å². The number of Topliss-reactive ketones (excluding diaryl/α,β-unsaturated/α-hetero) is 1. The predicted octanol–water partition coefficient (Wildman–Crippen LogP) is 2.34. The summed E-state index contributed by atoms with van der Waals surface area (Å²) in [4.78, 5) is 37.6. The van der Waals surface area contributed by atoms with Crippen LogP contribution in [-0.2, 0) is 25.7 Å². The fraction of sp³-hybridized carbons (Fsp3) is 0.500. The Morgan fingerprint density at radius 3 is 2.57 bits per heavy atom. The maximum Gasteiger partial charge on any atom is 0.329 e. The van der Waals surface area contributed by atoms with E-state index in [-0.39, 0.29) is 18.9 Å². The number of carbonyl (C=O) groups excluding carboxylic acids is 3. The standard InChI is InChI=1S/C18H23NO4/c1-13(2)11-15(19-10-6-9-16(20)17(19)21)18(22)23-12-14-7-4-3-5-8-14/h3-5,7-8,13,15H,6,9-12H2,1-2H3/t15-/m0/s1. The van der Waals surface area contributed by atoms with Crippen LogP contribution in [-0.4, -0.2) is 35.1 Å². The molecule has 0 aliphatic carbocycles. The van der Waals surface area contributed by atoms with Crippen LogP contribution in [0.5, 0.6) is 0 Å². The molecule has 1 aliphatic rings. The Balaban J connectivity index is 2.06. The molecule has 2 rings (SSSR count). The molecular formula is C18H23NO4. The summed E-state index contributed by atoms with van der Waals surface area (Å²) >= 11 is 0. The highest BCUT2D eigenvalue weighted by atomic mass is 16.5. The van der Waals surface area contributed by atoms with Gasteiger partial charge in [0, 0.05) is 13.0 Å². The van der Waals surface area contributed by atoms with Crippen molar-refractivity contribution < 1.29 is 19.1 Å². The third-order valence-corrected chi connectivity index (χ3v) is 3.87. The summed E-state index contributed by atoms with van der Waals surface area (Å²) in [5.74, 6) is -1.20. The van der Waals surface area contributed by atoms with E-state index in [0.717, 1.165) is 5.56 Å². The Morgan fingerprint density at radius 2 is 1.91 bits per heavy atom. The van der Waals surface area contributed by atoms with Gasteiger partial charge < -0.3 is 9.64 Å². The van der Waals surface area contributed by atoms with Crippen LogP contribution in [0, 0.1) is 5.92 Å². The molecule has 0 aromatic heterocycles. The van der Waals surface area contributed by atoms with Crippen molar-refractivity contribution in [2.75, 3.05) is 6.54 Å². The van der Waals surface area contributed by atoms with Crippen LogP contribution in [0.2, 0.25) is 0 Å². The third kappa shape index (κ3) is 4.65. The van der Waals surface area contributed by atoms with Crippen molar-refractivity contribution in [2.45, 2.75) is 45.8 Å². The first-order valence-corrected chi connectivity index (χ1v) is 8.03. The number of esters is 1. The van der Waals surface area contributed by atoms with E-state index in [0.29, 0.717) is 19.4 Å². The quantitative estimate of drug-likeness (QED) is 0.597. The zero-order chi connectivity index (χ0) is 16.8. The molecule has 1 fully saturated rings. The second-order valence-electron chi connectivity index (χ2n) is 6.26. The van der Waals surface area contributed by atoms with Gasteiger partial charge in [-0.2, -0.15) is 0 Å². The lowest BCUT2D eigenvalue weighted by molar-refractivity contribution is -0.160. The van der Waals surface area contributed by atoms with Crippen LogP contribution in [0.25, 0.3) is 0 Å². The lowest BCUT2D eigenvalue weighted by atomic mass is 9.99. The number of hydrogen-bond donors (Lipinski definition) is 0. The number of carbonyl (C=O) groups is 3. The zero-order valence-corrected chi connectivity index (χ0v) is 13.7. The first kappa shape index (κ1) is 17.2. The SMILES string of the molecule is CC(C)C[C@@H](C(=O)OCc1ccccc1)N1CCCC(=O)C1=O. The van der Waals surface area contributed by atoms with Crippen LogP contribution in [0.1, 0.15) is 38.7 Å². The molecule has 0 spiro atoms. The Hall–Kier alpha value is -2.17. The van der Waals surface area contributed by atoms with Crippen molar-refractivity contribution in [1.82, 2.24) is 4.90 Å². The van der Waals surface area contributed by atoms with Gasteiger partial charge in [-0.1, -0.05) is 44.2 Å². The normalized spacial score (nSPS) is 16.6. The molecule has 1 amide bonds. The lowest BCUT2D eigenvalue weighted by Gasteiger charge is -2.33. The first-order valence-electron chi connectivity index (χ1n) is 8.03. The molecule has 1 aromatic rings. The summed E-state index contributed by atoms with van der Waals surface area (Å²) in [5.41, 5.74) is 0.894. The lowest BCUT2D eigenvalue weighted by Crippen LogP contribution is -2.51. The van der Waals surface area contributed by atoms with Gasteiger partial charge >= 0.3 is 5.97 Å². The maximum atomic E-state index is 12.5. The second kappa shape index (κ2) is 7.90. The van der Waals surface area contributed by atoms with E-state index in [4.69, 9.17) is 4.74 Å². The third-order valence-electron chi connectivity index (χ3n) is 3.87. The van der Waals surface area contributed by atoms with Gasteiger partial charge in [0.1, 0.15) is 12.6 Å². The number of rotatable bonds is 6. The largest absolute Gasteiger partial charge is 0.459 e. The molecule has 23 heavy (non-hydrogen) atoms. The van der Waals surface area contributed by atoms with Crippen molar-refractivity contribution in [2.24, 2.45) is 5.92 Å². The summed E-state index contributed by atoms with van der Waals surface area (Å²) < 4.78 is 5.38. The first-order chi connectivity index (χ1) is 11.0. The second-order valence-corrected chi connectivity index (χ2v) is 6.26. The monoisotopic (exact) mass is 317 g/mol. The molecule has 124 valence electrons. The molecule has 1 aliphatic heterocycles. The summed E-state index contributed by atoms with van der Waals surface area (Å²) in [6.07, 6.45) is 1.36. The van der Waals surface area contributed by atoms with Gasteiger partial charge in [-0.25, -0.2) is 4.79 Å². The molecule has 1 atom stereocenters. The number of ether oxygens (including phenoxy) is 1. The van der Waals surface area contributed by atoms with Gasteiger partial charge in [0.15, 0.2) is 0 Å². The molecule has 5 heteroatoms. The number of ketones is 1. The minimum atomic E-state index is -0.685. The molecule has 0 bridgehead atoms. The number of nitrogens with zero attached hydrogens (tertiary/aromatic N) is 1. The Morgan fingerprint density at radius 1 is 1.22 bits per heavy atom. The summed E-state index contributed by atoms with van der Waals surface area (Å²) in [6.45, 7) is 4.56. The maximum absolute atomic E-state index is 12.5. The van der Waals surface area contributed by atoms with E-state index in [9.17, 15) is 14.4 Å². The summed E-state index contributed by atoms with van der Waals surface area (Å²) in [5, 5.41) is 0. The Labute approximate surface area is 136 Å². The molecule has 1 saturated heterocycles. The summed E-state index contributed by atoms with van der Waals surface area (Å²) in [7, 11) is 0. The zero-order valence-electron chi connectivity index (χ0n) is 13.7. The van der Waals surface area contributed by atoms with Gasteiger partial charge in [-0.15, -0.1) is 0 Å². The van der Waals surface area contributed by atoms with Crippen molar-refractivity contribution in [3.63, 3.8) is 0 Å². The molecule has 0 N–H and O–H groups in total. The summed E-state index contributed by atoms with van der Waals surface area (Å²) in [6, 6.07) is 8.71. The average molecular weight is 317 g/mol. The molecular weight excluding hydrogens is 294 g/mol. The van der Waals surface area contributed by atoms with E-state index in [1.807, 2.05) is 44.2 Å². The fourth-order valence-corrected chi connectivity index (χ4v) is 2.70.